The molecule has 4 heteroatoms. The number of nitrogens with one attached hydrogen (secondary N) is 1. The molecule has 2 nitrogen and oxygen atoms in total. The summed E-state index contributed by atoms with van der Waals surface area (Å²) in [4.78, 5) is 0. The Morgan fingerprint density at radius 1 is 1.53 bits per heavy atom. The third-order valence-electron chi connectivity index (χ3n) is 2.25. The Morgan fingerprint density at radius 3 is 3.00 bits per heavy atom. The van der Waals surface area contributed by atoms with E-state index in [2.05, 4.69) is 34.2 Å². The van der Waals surface area contributed by atoms with Crippen molar-refractivity contribution in [2.75, 3.05) is 26.8 Å². The summed E-state index contributed by atoms with van der Waals surface area (Å²) in [7, 11) is 1.70. The number of hydrogen-bond donors (Lipinski definition) is 1. The first-order chi connectivity index (χ1) is 8.13. The van der Waals surface area contributed by atoms with Gasteiger partial charge in [-0.25, -0.2) is 0 Å². The molecule has 17 heavy (non-hydrogen) atoms. The van der Waals surface area contributed by atoms with Crippen molar-refractivity contribution in [2.24, 2.45) is 0 Å². The number of ether oxygens (including phenoxy) is 1. The van der Waals surface area contributed by atoms with E-state index < -0.39 is 0 Å². The van der Waals surface area contributed by atoms with Crippen LogP contribution in [0.2, 0.25) is 5.02 Å². The van der Waals surface area contributed by atoms with E-state index >= 15 is 0 Å². The minimum absolute atomic E-state index is 0.730. The second kappa shape index (κ2) is 7.88. The van der Waals surface area contributed by atoms with Crippen molar-refractivity contribution in [1.82, 2.24) is 5.32 Å². The van der Waals surface area contributed by atoms with E-state index in [1.54, 1.807) is 7.11 Å². The van der Waals surface area contributed by atoms with Crippen LogP contribution in [0.15, 0.2) is 28.2 Å². The highest BCUT2D eigenvalue weighted by atomic mass is 79.9. The van der Waals surface area contributed by atoms with Crippen LogP contribution in [-0.4, -0.2) is 26.8 Å². The molecule has 94 valence electrons. The molecule has 0 heterocycles. The Hall–Kier alpha value is -0.350. The second-order valence-corrected chi connectivity index (χ2v) is 5.12. The Morgan fingerprint density at radius 2 is 2.29 bits per heavy atom. The lowest BCUT2D eigenvalue weighted by molar-refractivity contribution is 0.200. The van der Waals surface area contributed by atoms with Crippen molar-refractivity contribution in [3.8, 4) is 0 Å². The molecule has 0 radical (unpaired) electrons. The molecule has 1 rings (SSSR count). The molecular formula is C13H17BrClNO. The molecule has 0 atom stereocenters. The quantitative estimate of drug-likeness (QED) is 0.807. The maximum atomic E-state index is 5.96. The van der Waals surface area contributed by atoms with E-state index in [4.69, 9.17) is 16.3 Å². The van der Waals surface area contributed by atoms with E-state index in [1.165, 1.54) is 5.57 Å². The SMILES string of the molecule is COCCNCC(C)=Cc1cc(Cl)ccc1Br. The summed E-state index contributed by atoms with van der Waals surface area (Å²) in [5.41, 5.74) is 2.35. The fourth-order valence-electron chi connectivity index (χ4n) is 1.40. The fraction of sp³-hybridized carbons (Fsp3) is 0.385. The lowest BCUT2D eigenvalue weighted by Crippen LogP contribution is -2.20. The average molecular weight is 319 g/mol. The first-order valence-corrected chi connectivity index (χ1v) is 6.62. The number of rotatable bonds is 6. The van der Waals surface area contributed by atoms with Crippen LogP contribution in [0.1, 0.15) is 12.5 Å². The van der Waals surface area contributed by atoms with Gasteiger partial charge in [-0.05, 0) is 30.7 Å². The lowest BCUT2D eigenvalue weighted by atomic mass is 10.1. The summed E-state index contributed by atoms with van der Waals surface area (Å²) in [5, 5.41) is 4.05. The Kier molecular flexibility index (Phi) is 6.82. The smallest absolute Gasteiger partial charge is 0.0587 e. The summed E-state index contributed by atoms with van der Waals surface area (Å²) in [6, 6.07) is 5.78. The van der Waals surface area contributed by atoms with Gasteiger partial charge in [0.15, 0.2) is 0 Å². The van der Waals surface area contributed by atoms with Crippen molar-refractivity contribution in [2.45, 2.75) is 6.92 Å². The van der Waals surface area contributed by atoms with Crippen LogP contribution in [0.4, 0.5) is 0 Å². The highest BCUT2D eigenvalue weighted by Crippen LogP contribution is 2.23. The summed E-state index contributed by atoms with van der Waals surface area (Å²) < 4.78 is 6.02. The standard InChI is InChI=1S/C13H17BrClNO/c1-10(9-16-5-6-17-2)7-11-8-12(15)3-4-13(11)14/h3-4,7-8,16H,5-6,9H2,1-2H3. The summed E-state index contributed by atoms with van der Waals surface area (Å²) in [6.45, 7) is 4.53. The first kappa shape index (κ1) is 14.7. The largest absolute Gasteiger partial charge is 0.383 e. The van der Waals surface area contributed by atoms with Crippen LogP contribution < -0.4 is 5.32 Å². The van der Waals surface area contributed by atoms with Crippen LogP contribution in [-0.2, 0) is 4.74 Å². The normalized spacial score (nSPS) is 11.9. The van der Waals surface area contributed by atoms with Crippen molar-refractivity contribution in [1.29, 1.82) is 0 Å². The van der Waals surface area contributed by atoms with Gasteiger partial charge in [0, 0.05) is 29.7 Å². The van der Waals surface area contributed by atoms with Crippen molar-refractivity contribution < 1.29 is 4.74 Å². The minimum atomic E-state index is 0.730. The van der Waals surface area contributed by atoms with Gasteiger partial charge in [-0.3, -0.25) is 0 Å². The maximum absolute atomic E-state index is 5.96. The fourth-order valence-corrected chi connectivity index (χ4v) is 1.94. The Balaban J connectivity index is 2.57. The van der Waals surface area contributed by atoms with Gasteiger partial charge in [-0.2, -0.15) is 0 Å². The van der Waals surface area contributed by atoms with Crippen LogP contribution in [0.5, 0.6) is 0 Å². The molecule has 1 aromatic rings. The van der Waals surface area contributed by atoms with Gasteiger partial charge in [0.25, 0.3) is 0 Å². The van der Waals surface area contributed by atoms with Gasteiger partial charge >= 0.3 is 0 Å². The van der Waals surface area contributed by atoms with Gasteiger partial charge in [0.2, 0.25) is 0 Å². The van der Waals surface area contributed by atoms with Gasteiger partial charge in [0.05, 0.1) is 6.61 Å². The number of benzene rings is 1. The first-order valence-electron chi connectivity index (χ1n) is 5.45. The van der Waals surface area contributed by atoms with Crippen LogP contribution in [0, 0.1) is 0 Å². The Bertz CT molecular complexity index is 393. The highest BCUT2D eigenvalue weighted by Gasteiger charge is 1.99. The van der Waals surface area contributed by atoms with Crippen molar-refractivity contribution >= 4 is 33.6 Å². The van der Waals surface area contributed by atoms with Gasteiger partial charge in [-0.15, -0.1) is 0 Å². The molecule has 0 amide bonds. The third-order valence-corrected chi connectivity index (χ3v) is 3.20. The minimum Gasteiger partial charge on any atom is -0.383 e. The maximum Gasteiger partial charge on any atom is 0.0587 e. The molecule has 0 aliphatic heterocycles. The molecule has 0 unspecified atom stereocenters. The van der Waals surface area contributed by atoms with Crippen LogP contribution in [0.25, 0.3) is 6.08 Å². The average Bonchev–Trinajstić information content (AvgIpc) is 2.29. The molecule has 0 fully saturated rings. The predicted octanol–water partition coefficient (Wildman–Crippen LogP) is 3.74. The molecule has 0 spiro atoms. The number of hydrogen-bond acceptors (Lipinski definition) is 2. The number of halogens is 2. The molecule has 0 aliphatic rings. The molecule has 0 saturated carbocycles. The van der Waals surface area contributed by atoms with Crippen molar-refractivity contribution in [3.05, 3.63) is 38.8 Å². The van der Waals surface area contributed by atoms with Crippen LogP contribution >= 0.6 is 27.5 Å². The van der Waals surface area contributed by atoms with E-state index in [-0.39, 0.29) is 0 Å². The number of methoxy groups -OCH3 is 1. The molecule has 0 aliphatic carbocycles. The molecular weight excluding hydrogens is 302 g/mol. The second-order valence-electron chi connectivity index (χ2n) is 3.83. The summed E-state index contributed by atoms with van der Waals surface area (Å²) in [5.74, 6) is 0. The van der Waals surface area contributed by atoms with Gasteiger partial charge in [0.1, 0.15) is 0 Å². The highest BCUT2D eigenvalue weighted by molar-refractivity contribution is 9.10. The summed E-state index contributed by atoms with van der Waals surface area (Å²) in [6.07, 6.45) is 2.12. The predicted molar refractivity (Wildman–Crippen MR) is 77.5 cm³/mol. The molecule has 1 aromatic carbocycles. The monoisotopic (exact) mass is 317 g/mol. The third kappa shape index (κ3) is 5.68. The van der Waals surface area contributed by atoms with Gasteiger partial charge < -0.3 is 10.1 Å². The van der Waals surface area contributed by atoms with E-state index in [9.17, 15) is 0 Å². The van der Waals surface area contributed by atoms with Crippen LogP contribution in [0.3, 0.4) is 0 Å². The molecule has 0 bridgehead atoms. The molecule has 1 N–H and O–H groups in total. The zero-order valence-corrected chi connectivity index (χ0v) is 12.4. The lowest BCUT2D eigenvalue weighted by Gasteiger charge is -2.06. The van der Waals surface area contributed by atoms with E-state index in [0.717, 1.165) is 34.8 Å². The van der Waals surface area contributed by atoms with Crippen molar-refractivity contribution in [3.63, 3.8) is 0 Å². The summed E-state index contributed by atoms with van der Waals surface area (Å²) >= 11 is 9.47. The van der Waals surface area contributed by atoms with E-state index in [0.29, 0.717) is 0 Å². The Labute approximate surface area is 116 Å². The van der Waals surface area contributed by atoms with E-state index in [1.807, 2.05) is 18.2 Å². The molecule has 0 saturated heterocycles. The van der Waals surface area contributed by atoms with Gasteiger partial charge in [-0.1, -0.05) is 39.2 Å². The zero-order valence-electron chi connectivity index (χ0n) is 10.1. The molecule has 0 aromatic heterocycles. The topological polar surface area (TPSA) is 21.3 Å². The zero-order chi connectivity index (χ0) is 12.7.